The van der Waals surface area contributed by atoms with Crippen LogP contribution in [0.1, 0.15) is 20.8 Å². The van der Waals surface area contributed by atoms with Crippen molar-refractivity contribution in [1.82, 2.24) is 14.7 Å². The maximum atomic E-state index is 10.7. The number of carbonyl (C=O) groups excluding carboxylic acids is 6. The molecule has 3 radical (unpaired) electrons. The average molecular weight is 699 g/mol. The van der Waals surface area contributed by atoms with Crippen LogP contribution >= 0.6 is 0 Å². The first-order valence-corrected chi connectivity index (χ1v) is 8.45. The number of hydrogen-bond donors (Lipinski definition) is 0. The van der Waals surface area contributed by atoms with Gasteiger partial charge in [0.15, 0.2) is 0 Å². The van der Waals surface area contributed by atoms with E-state index in [1.807, 2.05) is 0 Å². The quantitative estimate of drug-likeness (QED) is 0.124. The first-order valence-electron chi connectivity index (χ1n) is 8.45. The van der Waals surface area contributed by atoms with Crippen LogP contribution < -0.4 is 0 Å². The van der Waals surface area contributed by atoms with Crippen molar-refractivity contribution >= 4 is 37.1 Å². The van der Waals surface area contributed by atoms with Crippen molar-refractivity contribution in [2.75, 3.05) is 42.5 Å². The first kappa shape index (κ1) is 46.5. The van der Waals surface area contributed by atoms with E-state index >= 15 is 0 Å². The molecule has 0 saturated carbocycles. The van der Waals surface area contributed by atoms with Crippen LogP contribution in [0.3, 0.4) is 0 Å². The Hall–Kier alpha value is 0.132. The first-order chi connectivity index (χ1) is 13.9. The van der Waals surface area contributed by atoms with Gasteiger partial charge >= 0.3 is 17.9 Å². The summed E-state index contributed by atoms with van der Waals surface area (Å²) in [5.74, 6) is -1.32. The molecule has 0 aliphatic carbocycles. The fourth-order valence-corrected chi connectivity index (χ4v) is 1.22. The Morgan fingerprint density at radius 3 is 0.788 bits per heavy atom. The second-order valence-electron chi connectivity index (χ2n) is 5.70. The maximum Gasteiger partial charge on any atom is 0.325 e. The van der Waals surface area contributed by atoms with E-state index in [4.69, 9.17) is 0 Å². The molecule has 0 aliphatic rings. The third kappa shape index (κ3) is 22.3. The molecule has 0 aromatic carbocycles. The van der Waals surface area contributed by atoms with Gasteiger partial charge in [-0.15, -0.1) is 0 Å². The molecule has 0 N–H and O–H groups in total. The van der Waals surface area contributed by atoms with Gasteiger partial charge in [-0.1, -0.05) is 0 Å². The van der Waals surface area contributed by atoms with Gasteiger partial charge in [0.2, 0.25) is 0 Å². The van der Waals surface area contributed by atoms with Gasteiger partial charge in [-0.25, -0.2) is 14.4 Å². The fourth-order valence-electron chi connectivity index (χ4n) is 1.22. The zero-order chi connectivity index (χ0) is 24.4. The van der Waals surface area contributed by atoms with Gasteiger partial charge in [-0.3, -0.25) is 0 Å². The number of likely N-dealkylation sites (N-methyl/N-ethyl adjacent to an activating group) is 3. The van der Waals surface area contributed by atoms with Gasteiger partial charge < -0.3 is 43.3 Å². The molecule has 33 heavy (non-hydrogen) atoms. The van der Waals surface area contributed by atoms with Crippen molar-refractivity contribution in [3.63, 3.8) is 0 Å². The molecule has 0 saturated heterocycles. The molecule has 0 aliphatic heterocycles. The second kappa shape index (κ2) is 28.4. The molecule has 0 aromatic heterocycles. The molecule has 183 valence electrons. The molecule has 12 nitrogen and oxygen atoms in total. The summed E-state index contributed by atoms with van der Waals surface area (Å²) in [5.41, 5.74) is 0. The number of methoxy groups -OCH3 is 3. The van der Waals surface area contributed by atoms with Crippen LogP contribution in [0.4, 0.5) is 0 Å². The van der Waals surface area contributed by atoms with Gasteiger partial charge in [0.05, 0.1) is 39.5 Å². The van der Waals surface area contributed by atoms with Gasteiger partial charge in [0, 0.05) is 98.1 Å². The summed E-state index contributed by atoms with van der Waals surface area (Å²) in [4.78, 5) is 65.2. The fraction of sp³-hybridized carbons (Fsp3) is 0.667. The van der Waals surface area contributed by atoms with Crippen LogP contribution in [0.15, 0.2) is 0 Å². The number of hydrogen-bond acceptors (Lipinski definition) is 9. The number of esters is 3. The van der Waals surface area contributed by atoms with Crippen LogP contribution in [-0.4, -0.2) is 112 Å². The largest absolute Gasteiger partial charge is 0.520 e. The van der Waals surface area contributed by atoms with Gasteiger partial charge in [-0.2, -0.15) is 19.2 Å². The minimum absolute atomic E-state index is 0. The van der Waals surface area contributed by atoms with Crippen molar-refractivity contribution in [2.24, 2.45) is 0 Å². The van der Waals surface area contributed by atoms with E-state index in [0.717, 1.165) is 14.7 Å². The van der Waals surface area contributed by atoms with Crippen LogP contribution in [0.5, 0.6) is 0 Å². The molecule has 15 heteroatoms. The molecule has 0 bridgehead atoms. The smallest absolute Gasteiger partial charge is 0.325 e. The zero-order valence-electron chi connectivity index (χ0n) is 20.5. The maximum absolute atomic E-state index is 10.7. The van der Waals surface area contributed by atoms with Crippen molar-refractivity contribution in [3.05, 3.63) is 0 Å². The van der Waals surface area contributed by atoms with E-state index in [1.165, 1.54) is 42.5 Å². The van der Waals surface area contributed by atoms with E-state index in [0.29, 0.717) is 0 Å². The Labute approximate surface area is 271 Å². The van der Waals surface area contributed by atoms with Crippen molar-refractivity contribution < 1.29 is 141 Å². The van der Waals surface area contributed by atoms with Crippen LogP contribution in [0.2, 0.25) is 0 Å². The summed E-state index contributed by atoms with van der Waals surface area (Å²) in [6.45, 7) is 4.70. The molecule has 3 atom stereocenters. The van der Waals surface area contributed by atoms with Gasteiger partial charge in [-0.05, 0) is 41.9 Å². The number of nitrogens with zero attached hydrogens (tertiary/aromatic N) is 3. The number of ether oxygens (including phenoxy) is 3. The van der Waals surface area contributed by atoms with Crippen LogP contribution in [0.25, 0.3) is 0 Å². The van der Waals surface area contributed by atoms with Gasteiger partial charge in [0.25, 0.3) is 0 Å². The Balaban J connectivity index is -0.0000000792. The van der Waals surface area contributed by atoms with Crippen molar-refractivity contribution in [1.29, 1.82) is 0 Å². The Morgan fingerprint density at radius 1 is 0.545 bits per heavy atom. The van der Waals surface area contributed by atoms with Crippen LogP contribution in [0, 0.1) is 0 Å². The summed E-state index contributed by atoms with van der Waals surface area (Å²) in [6, 6.07) is -1.66. The minimum Gasteiger partial charge on any atom is -0.520 e. The minimum atomic E-state index is -0.553. The van der Waals surface area contributed by atoms with E-state index in [9.17, 15) is 28.8 Å². The summed E-state index contributed by atoms with van der Waals surface area (Å²) in [6.07, 6.45) is 4.69. The molecule has 1 unspecified atom stereocenters. The number of carbonyl (C=O) groups is 3. The summed E-state index contributed by atoms with van der Waals surface area (Å²) in [5, 5.41) is 0. The Bertz CT molecular complexity index is 495. The van der Waals surface area contributed by atoms with Crippen LogP contribution in [-0.2, 0) is 141 Å². The van der Waals surface area contributed by atoms with E-state index in [2.05, 4.69) is 14.2 Å². The molecule has 0 rings (SSSR count). The summed E-state index contributed by atoms with van der Waals surface area (Å²) in [7, 11) is 8.23. The van der Waals surface area contributed by atoms with E-state index < -0.39 is 36.0 Å². The predicted molar refractivity (Wildman–Crippen MR) is 105 cm³/mol. The Kier molecular flexibility index (Phi) is 39.9. The summed E-state index contributed by atoms with van der Waals surface area (Å²) < 4.78 is 13.1. The zero-order valence-corrected chi connectivity index (χ0v) is 29.0. The molecular weight excluding hydrogens is 669 g/mol. The third-order valence-electron chi connectivity index (χ3n) is 3.80. The van der Waals surface area contributed by atoms with E-state index in [1.54, 1.807) is 40.0 Å². The number of amides is 3. The van der Waals surface area contributed by atoms with Crippen molar-refractivity contribution in [2.45, 2.75) is 38.9 Å². The molecule has 0 aromatic rings. The van der Waals surface area contributed by atoms with Crippen molar-refractivity contribution in [3.8, 4) is 0 Å². The topological polar surface area (TPSA) is 140 Å². The standard InChI is InChI=1S/3C6H10NO3.3Y/c3*1-5(6(9)10-3)7(2)4-8;;;/h3*5H,1-3H3;;;/q3*-1;;;/t2*5-;;;;/m10..../s1. The van der Waals surface area contributed by atoms with E-state index in [-0.39, 0.29) is 98.1 Å². The molecule has 0 fully saturated rings. The predicted octanol–water partition coefficient (Wildman–Crippen LogP) is -1.37. The van der Waals surface area contributed by atoms with Gasteiger partial charge in [0.1, 0.15) is 0 Å². The normalized spacial score (nSPS) is 10.8. The number of rotatable bonds is 9. The SMILES string of the molecule is COC(=O)C(C)N(C)[C-]=O.COC(=O)[C@@H](C)N(C)[C-]=O.COC(=O)[C@H](C)N(C)[C-]=O.[Y].[Y].[Y]. The monoisotopic (exact) mass is 699 g/mol. The Morgan fingerprint density at radius 2 is 0.697 bits per heavy atom. The second-order valence-corrected chi connectivity index (χ2v) is 5.70. The molecular formula is C18H30N3O9Y3-3. The average Bonchev–Trinajstić information content (AvgIpc) is 2.79. The molecule has 3 amide bonds. The molecule has 0 heterocycles. The third-order valence-corrected chi connectivity index (χ3v) is 3.80. The molecule has 0 spiro atoms. The summed E-state index contributed by atoms with van der Waals surface area (Å²) >= 11 is 0.